The molecule has 2 unspecified atom stereocenters. The largest absolute Gasteiger partial charge is 0.493 e. The van der Waals surface area contributed by atoms with Crippen LogP contribution in [0, 0.1) is 0 Å². The van der Waals surface area contributed by atoms with Gasteiger partial charge >= 0.3 is 11.8 Å². The van der Waals surface area contributed by atoms with E-state index in [-0.39, 0.29) is 12.1 Å². The number of hydrogen-bond donors (Lipinski definition) is 1. The fourth-order valence-electron chi connectivity index (χ4n) is 3.37. The van der Waals surface area contributed by atoms with Crippen LogP contribution in [0.3, 0.4) is 0 Å². The van der Waals surface area contributed by atoms with Gasteiger partial charge in [-0.3, -0.25) is 9.59 Å². The molecule has 6 heteroatoms. The van der Waals surface area contributed by atoms with Crippen LogP contribution >= 0.6 is 0 Å². The van der Waals surface area contributed by atoms with Crippen LogP contribution in [0.15, 0.2) is 18.2 Å². The van der Waals surface area contributed by atoms with E-state index in [0.29, 0.717) is 24.5 Å². The second-order valence-electron chi connectivity index (χ2n) is 6.54. The zero-order chi connectivity index (χ0) is 18.4. The van der Waals surface area contributed by atoms with Crippen molar-refractivity contribution in [3.8, 4) is 11.5 Å². The van der Waals surface area contributed by atoms with Crippen LogP contribution in [0.25, 0.3) is 0 Å². The molecule has 1 heterocycles. The van der Waals surface area contributed by atoms with Gasteiger partial charge in [-0.1, -0.05) is 6.07 Å². The standard InChI is InChI=1S/C19H28N2O4/c1-13-6-5-7-14(2)21(13)19(23)18(22)20-11-10-15-8-9-16(24-3)17(12-15)25-4/h8-9,12-14H,5-7,10-11H2,1-4H3,(H,20,22). The maximum Gasteiger partial charge on any atom is 0.312 e. The Morgan fingerprint density at radius 2 is 1.76 bits per heavy atom. The summed E-state index contributed by atoms with van der Waals surface area (Å²) in [7, 11) is 3.18. The van der Waals surface area contributed by atoms with Crippen molar-refractivity contribution in [2.24, 2.45) is 0 Å². The summed E-state index contributed by atoms with van der Waals surface area (Å²) in [6.45, 7) is 4.41. The number of rotatable bonds is 5. The summed E-state index contributed by atoms with van der Waals surface area (Å²) in [6.07, 6.45) is 3.63. The first kappa shape index (κ1) is 19.1. The Morgan fingerprint density at radius 1 is 1.12 bits per heavy atom. The molecule has 0 radical (unpaired) electrons. The van der Waals surface area contributed by atoms with Crippen LogP contribution in [0.2, 0.25) is 0 Å². The van der Waals surface area contributed by atoms with Gasteiger partial charge in [0.25, 0.3) is 0 Å². The highest BCUT2D eigenvalue weighted by atomic mass is 16.5. The molecule has 0 bridgehead atoms. The molecule has 2 amide bonds. The normalized spacial score (nSPS) is 20.1. The van der Waals surface area contributed by atoms with E-state index >= 15 is 0 Å². The first-order valence-electron chi connectivity index (χ1n) is 8.79. The molecule has 1 aromatic rings. The number of piperidine rings is 1. The van der Waals surface area contributed by atoms with Gasteiger partial charge in [-0.05, 0) is 57.2 Å². The van der Waals surface area contributed by atoms with Crippen LogP contribution in [-0.2, 0) is 16.0 Å². The summed E-state index contributed by atoms with van der Waals surface area (Å²) in [5.41, 5.74) is 1.00. The van der Waals surface area contributed by atoms with Gasteiger partial charge in [0.1, 0.15) is 0 Å². The summed E-state index contributed by atoms with van der Waals surface area (Å²) in [4.78, 5) is 26.3. The van der Waals surface area contributed by atoms with E-state index in [4.69, 9.17) is 9.47 Å². The maximum absolute atomic E-state index is 12.4. The molecule has 1 aliphatic rings. The van der Waals surface area contributed by atoms with Crippen molar-refractivity contribution in [3.05, 3.63) is 23.8 Å². The van der Waals surface area contributed by atoms with Gasteiger partial charge in [-0.2, -0.15) is 0 Å². The number of carbonyl (C=O) groups is 2. The van der Waals surface area contributed by atoms with Crippen LogP contribution in [0.5, 0.6) is 11.5 Å². The number of hydrogen-bond acceptors (Lipinski definition) is 4. The minimum atomic E-state index is -0.527. The average molecular weight is 348 g/mol. The lowest BCUT2D eigenvalue weighted by molar-refractivity contribution is -0.150. The van der Waals surface area contributed by atoms with Gasteiger partial charge < -0.3 is 19.7 Å². The molecular weight excluding hydrogens is 320 g/mol. The summed E-state index contributed by atoms with van der Waals surface area (Å²) >= 11 is 0. The number of benzene rings is 1. The van der Waals surface area contributed by atoms with E-state index < -0.39 is 11.8 Å². The van der Waals surface area contributed by atoms with Crippen molar-refractivity contribution in [1.29, 1.82) is 0 Å². The van der Waals surface area contributed by atoms with Gasteiger partial charge in [-0.25, -0.2) is 0 Å². The third-order valence-electron chi connectivity index (χ3n) is 4.77. The summed E-state index contributed by atoms with van der Waals surface area (Å²) < 4.78 is 10.5. The number of amides is 2. The first-order chi connectivity index (χ1) is 12.0. The number of nitrogens with zero attached hydrogens (tertiary/aromatic N) is 1. The van der Waals surface area contributed by atoms with E-state index in [1.807, 2.05) is 32.0 Å². The van der Waals surface area contributed by atoms with E-state index in [0.717, 1.165) is 24.8 Å². The average Bonchev–Trinajstić information content (AvgIpc) is 2.61. The SMILES string of the molecule is COc1ccc(CCNC(=O)C(=O)N2C(C)CCCC2C)cc1OC. The summed E-state index contributed by atoms with van der Waals surface area (Å²) in [5, 5.41) is 2.73. The third kappa shape index (κ3) is 4.65. The van der Waals surface area contributed by atoms with Gasteiger partial charge in [0.05, 0.1) is 14.2 Å². The lowest BCUT2D eigenvalue weighted by Gasteiger charge is -2.38. The number of likely N-dealkylation sites (tertiary alicyclic amines) is 1. The number of nitrogens with one attached hydrogen (secondary N) is 1. The third-order valence-corrected chi connectivity index (χ3v) is 4.77. The van der Waals surface area contributed by atoms with Gasteiger partial charge in [-0.15, -0.1) is 0 Å². The van der Waals surface area contributed by atoms with Gasteiger partial charge in [0.2, 0.25) is 0 Å². The zero-order valence-corrected chi connectivity index (χ0v) is 15.5. The molecular formula is C19H28N2O4. The Labute approximate surface area is 149 Å². The van der Waals surface area contributed by atoms with Crippen LogP contribution in [-0.4, -0.2) is 49.6 Å². The molecule has 138 valence electrons. The van der Waals surface area contributed by atoms with Crippen LogP contribution in [0.4, 0.5) is 0 Å². The Bertz CT molecular complexity index is 607. The summed E-state index contributed by atoms with van der Waals surface area (Å²) in [6, 6.07) is 5.87. The monoisotopic (exact) mass is 348 g/mol. The molecule has 1 saturated heterocycles. The Kier molecular flexibility index (Phi) is 6.67. The Balaban J connectivity index is 1.88. The summed E-state index contributed by atoms with van der Waals surface area (Å²) in [5.74, 6) is 0.366. The predicted molar refractivity (Wildman–Crippen MR) is 95.9 cm³/mol. The molecule has 0 aliphatic carbocycles. The zero-order valence-electron chi connectivity index (χ0n) is 15.5. The Morgan fingerprint density at radius 3 is 2.36 bits per heavy atom. The minimum Gasteiger partial charge on any atom is -0.493 e. The predicted octanol–water partition coefficient (Wildman–Crippen LogP) is 2.15. The van der Waals surface area contributed by atoms with Crippen molar-refractivity contribution < 1.29 is 19.1 Å². The molecule has 2 atom stereocenters. The molecule has 0 aromatic heterocycles. The highest BCUT2D eigenvalue weighted by Crippen LogP contribution is 2.27. The van der Waals surface area contributed by atoms with Crippen molar-refractivity contribution >= 4 is 11.8 Å². The maximum atomic E-state index is 12.4. The highest BCUT2D eigenvalue weighted by molar-refractivity contribution is 6.35. The first-order valence-corrected chi connectivity index (χ1v) is 8.79. The van der Waals surface area contributed by atoms with E-state index in [1.54, 1.807) is 19.1 Å². The highest BCUT2D eigenvalue weighted by Gasteiger charge is 2.32. The van der Waals surface area contributed by atoms with E-state index in [2.05, 4.69) is 5.32 Å². The van der Waals surface area contributed by atoms with Crippen molar-refractivity contribution in [1.82, 2.24) is 10.2 Å². The van der Waals surface area contributed by atoms with Crippen LogP contribution in [0.1, 0.15) is 38.7 Å². The molecule has 0 spiro atoms. The van der Waals surface area contributed by atoms with Crippen LogP contribution < -0.4 is 14.8 Å². The lowest BCUT2D eigenvalue weighted by Crippen LogP contribution is -2.53. The topological polar surface area (TPSA) is 67.9 Å². The molecule has 6 nitrogen and oxygen atoms in total. The fraction of sp³-hybridized carbons (Fsp3) is 0.579. The van der Waals surface area contributed by atoms with Crippen molar-refractivity contribution in [2.75, 3.05) is 20.8 Å². The second-order valence-corrected chi connectivity index (χ2v) is 6.54. The van der Waals surface area contributed by atoms with E-state index in [9.17, 15) is 9.59 Å². The minimum absolute atomic E-state index is 0.118. The van der Waals surface area contributed by atoms with Crippen molar-refractivity contribution in [2.45, 2.75) is 51.6 Å². The smallest absolute Gasteiger partial charge is 0.312 e. The van der Waals surface area contributed by atoms with Gasteiger partial charge in [0, 0.05) is 18.6 Å². The molecule has 25 heavy (non-hydrogen) atoms. The fourth-order valence-corrected chi connectivity index (χ4v) is 3.37. The quantitative estimate of drug-likeness (QED) is 0.828. The molecule has 2 rings (SSSR count). The molecule has 0 saturated carbocycles. The van der Waals surface area contributed by atoms with Crippen molar-refractivity contribution in [3.63, 3.8) is 0 Å². The molecule has 1 aromatic carbocycles. The second kappa shape index (κ2) is 8.74. The number of carbonyl (C=O) groups excluding carboxylic acids is 2. The van der Waals surface area contributed by atoms with E-state index in [1.165, 1.54) is 0 Å². The lowest BCUT2D eigenvalue weighted by atomic mass is 9.97. The molecule has 1 aliphatic heterocycles. The molecule has 1 N–H and O–H groups in total. The Hall–Kier alpha value is -2.24. The number of methoxy groups -OCH3 is 2. The molecule has 1 fully saturated rings. The van der Waals surface area contributed by atoms with Gasteiger partial charge in [0.15, 0.2) is 11.5 Å². The number of ether oxygens (including phenoxy) is 2.